The van der Waals surface area contributed by atoms with Crippen molar-refractivity contribution < 1.29 is 0 Å². The molecule has 0 fully saturated rings. The standard InChI is InChI=1S/C10H14N2O.C2H6/c1-5-7-9-8(6-2)11(3)10(13)12(9)4;1-2/h5-7H,2H2,1,3-4H3;1-2H3/b7-5-;. The van der Waals surface area contributed by atoms with E-state index in [9.17, 15) is 4.79 Å². The average molecular weight is 208 g/mol. The lowest BCUT2D eigenvalue weighted by molar-refractivity contribution is 0.770. The molecular formula is C12H20N2O. The minimum absolute atomic E-state index is 0.0250. The van der Waals surface area contributed by atoms with Crippen molar-refractivity contribution in [3.63, 3.8) is 0 Å². The van der Waals surface area contributed by atoms with Gasteiger partial charge in [0.15, 0.2) is 0 Å². The van der Waals surface area contributed by atoms with Crippen LogP contribution in [0.4, 0.5) is 0 Å². The zero-order valence-electron chi connectivity index (χ0n) is 10.2. The van der Waals surface area contributed by atoms with Gasteiger partial charge in [0.2, 0.25) is 0 Å². The summed E-state index contributed by atoms with van der Waals surface area (Å²) >= 11 is 0. The first-order chi connectivity index (χ1) is 7.13. The number of hydrogen-bond acceptors (Lipinski definition) is 1. The summed E-state index contributed by atoms with van der Waals surface area (Å²) in [5.41, 5.74) is 1.72. The number of aromatic nitrogens is 2. The van der Waals surface area contributed by atoms with E-state index in [1.54, 1.807) is 29.3 Å². The van der Waals surface area contributed by atoms with Crippen molar-refractivity contribution >= 4 is 12.2 Å². The Balaban J connectivity index is 0.000000921. The van der Waals surface area contributed by atoms with Crippen molar-refractivity contribution in [2.75, 3.05) is 0 Å². The van der Waals surface area contributed by atoms with Crippen molar-refractivity contribution in [3.05, 3.63) is 34.5 Å². The van der Waals surface area contributed by atoms with E-state index in [0.717, 1.165) is 11.4 Å². The maximum Gasteiger partial charge on any atom is 0.328 e. The minimum atomic E-state index is -0.0250. The van der Waals surface area contributed by atoms with Gasteiger partial charge in [-0.25, -0.2) is 4.79 Å². The van der Waals surface area contributed by atoms with Gasteiger partial charge in [-0.05, 0) is 19.1 Å². The highest BCUT2D eigenvalue weighted by Gasteiger charge is 2.08. The van der Waals surface area contributed by atoms with Crippen molar-refractivity contribution in [2.24, 2.45) is 14.1 Å². The Morgan fingerprint density at radius 1 is 1.13 bits per heavy atom. The zero-order chi connectivity index (χ0) is 12.0. The van der Waals surface area contributed by atoms with Crippen molar-refractivity contribution in [3.8, 4) is 0 Å². The lowest BCUT2D eigenvalue weighted by Crippen LogP contribution is -2.20. The van der Waals surface area contributed by atoms with E-state index in [-0.39, 0.29) is 5.69 Å². The van der Waals surface area contributed by atoms with Crippen molar-refractivity contribution in [2.45, 2.75) is 20.8 Å². The highest BCUT2D eigenvalue weighted by atomic mass is 16.1. The quantitative estimate of drug-likeness (QED) is 0.733. The van der Waals surface area contributed by atoms with Crippen LogP contribution in [0.15, 0.2) is 17.4 Å². The molecule has 1 heterocycles. The van der Waals surface area contributed by atoms with Gasteiger partial charge < -0.3 is 0 Å². The molecule has 15 heavy (non-hydrogen) atoms. The van der Waals surface area contributed by atoms with Crippen LogP contribution in [0.25, 0.3) is 12.2 Å². The molecule has 3 heteroatoms. The molecule has 0 bridgehead atoms. The first kappa shape index (κ1) is 13.5. The second-order valence-corrected chi connectivity index (χ2v) is 2.88. The molecule has 0 unspecified atom stereocenters. The molecule has 0 saturated heterocycles. The summed E-state index contributed by atoms with van der Waals surface area (Å²) in [5, 5.41) is 0. The molecule has 0 amide bonds. The van der Waals surface area contributed by atoms with Gasteiger partial charge in [0.05, 0.1) is 11.4 Å². The number of allylic oxidation sites excluding steroid dienone is 1. The average Bonchev–Trinajstić information content (AvgIpc) is 2.47. The molecule has 0 aromatic carbocycles. The molecular weight excluding hydrogens is 188 g/mol. The Labute approximate surface area is 91.4 Å². The Morgan fingerprint density at radius 2 is 1.60 bits per heavy atom. The number of rotatable bonds is 2. The lowest BCUT2D eigenvalue weighted by Gasteiger charge is -1.95. The molecule has 1 aromatic rings. The second kappa shape index (κ2) is 6.06. The summed E-state index contributed by atoms with van der Waals surface area (Å²) < 4.78 is 3.19. The first-order valence-electron chi connectivity index (χ1n) is 5.14. The van der Waals surface area contributed by atoms with Crippen LogP contribution in [0.2, 0.25) is 0 Å². The van der Waals surface area contributed by atoms with E-state index in [1.165, 1.54) is 0 Å². The maximum atomic E-state index is 11.5. The van der Waals surface area contributed by atoms with Crippen LogP contribution < -0.4 is 5.69 Å². The van der Waals surface area contributed by atoms with E-state index in [0.29, 0.717) is 0 Å². The normalized spacial score (nSPS) is 9.93. The molecule has 0 aliphatic rings. The predicted octanol–water partition coefficient (Wildman–Crippen LogP) is 2.43. The van der Waals surface area contributed by atoms with E-state index in [1.807, 2.05) is 32.9 Å². The fourth-order valence-electron chi connectivity index (χ4n) is 1.37. The highest BCUT2D eigenvalue weighted by molar-refractivity contribution is 5.59. The third kappa shape index (κ3) is 2.49. The molecule has 3 nitrogen and oxygen atoms in total. The molecule has 84 valence electrons. The van der Waals surface area contributed by atoms with Gasteiger partial charge in [-0.2, -0.15) is 0 Å². The molecule has 0 saturated carbocycles. The molecule has 0 aliphatic carbocycles. The molecule has 0 radical (unpaired) electrons. The van der Waals surface area contributed by atoms with Gasteiger partial charge in [0.25, 0.3) is 0 Å². The number of hydrogen-bond donors (Lipinski definition) is 0. The van der Waals surface area contributed by atoms with Gasteiger partial charge in [0.1, 0.15) is 0 Å². The van der Waals surface area contributed by atoms with E-state index < -0.39 is 0 Å². The van der Waals surface area contributed by atoms with Crippen molar-refractivity contribution in [1.82, 2.24) is 9.13 Å². The molecule has 1 rings (SSSR count). The van der Waals surface area contributed by atoms with Crippen LogP contribution in [-0.4, -0.2) is 9.13 Å². The van der Waals surface area contributed by atoms with Crippen LogP contribution in [-0.2, 0) is 14.1 Å². The highest BCUT2D eigenvalue weighted by Crippen LogP contribution is 2.08. The third-order valence-electron chi connectivity index (χ3n) is 2.08. The Kier molecular flexibility index (Phi) is 5.45. The van der Waals surface area contributed by atoms with Crippen LogP contribution in [0.3, 0.4) is 0 Å². The second-order valence-electron chi connectivity index (χ2n) is 2.88. The monoisotopic (exact) mass is 208 g/mol. The van der Waals surface area contributed by atoms with Gasteiger partial charge in [-0.1, -0.05) is 26.5 Å². The van der Waals surface area contributed by atoms with Crippen LogP contribution in [0.5, 0.6) is 0 Å². The van der Waals surface area contributed by atoms with Gasteiger partial charge in [0, 0.05) is 14.1 Å². The number of imidazole rings is 1. The van der Waals surface area contributed by atoms with Crippen LogP contribution >= 0.6 is 0 Å². The predicted molar refractivity (Wildman–Crippen MR) is 66.8 cm³/mol. The largest absolute Gasteiger partial charge is 0.328 e. The summed E-state index contributed by atoms with van der Waals surface area (Å²) in [6.07, 6.45) is 5.50. The van der Waals surface area contributed by atoms with Crippen LogP contribution in [0.1, 0.15) is 32.2 Å². The lowest BCUT2D eigenvalue weighted by atomic mass is 10.3. The Morgan fingerprint density at radius 3 is 2.00 bits per heavy atom. The fourth-order valence-corrected chi connectivity index (χ4v) is 1.37. The maximum absolute atomic E-state index is 11.5. The topological polar surface area (TPSA) is 26.9 Å². The van der Waals surface area contributed by atoms with E-state index >= 15 is 0 Å². The summed E-state index contributed by atoms with van der Waals surface area (Å²) in [6, 6.07) is 0. The number of nitrogens with zero attached hydrogens (tertiary/aromatic N) is 2. The van der Waals surface area contributed by atoms with E-state index in [2.05, 4.69) is 6.58 Å². The zero-order valence-corrected chi connectivity index (χ0v) is 10.2. The molecule has 0 atom stereocenters. The summed E-state index contributed by atoms with van der Waals surface area (Å²) in [5.74, 6) is 0. The minimum Gasteiger partial charge on any atom is -0.295 e. The molecule has 0 aliphatic heterocycles. The smallest absolute Gasteiger partial charge is 0.295 e. The fraction of sp³-hybridized carbons (Fsp3) is 0.417. The van der Waals surface area contributed by atoms with Gasteiger partial charge in [-0.15, -0.1) is 0 Å². The Bertz CT molecular complexity index is 408. The van der Waals surface area contributed by atoms with Crippen LogP contribution in [0, 0.1) is 0 Å². The SMILES string of the molecule is C=Cc1c(/C=C\C)n(C)c(=O)n1C.CC. The summed E-state index contributed by atoms with van der Waals surface area (Å²) in [6.45, 7) is 9.60. The van der Waals surface area contributed by atoms with Crippen molar-refractivity contribution in [1.29, 1.82) is 0 Å². The molecule has 0 spiro atoms. The first-order valence-corrected chi connectivity index (χ1v) is 5.14. The van der Waals surface area contributed by atoms with Gasteiger partial charge >= 0.3 is 5.69 Å². The summed E-state index contributed by atoms with van der Waals surface area (Å²) in [7, 11) is 3.50. The molecule has 1 aromatic heterocycles. The van der Waals surface area contributed by atoms with E-state index in [4.69, 9.17) is 0 Å². The third-order valence-corrected chi connectivity index (χ3v) is 2.08. The molecule has 0 N–H and O–H groups in total. The Hall–Kier alpha value is -1.51. The summed E-state index contributed by atoms with van der Waals surface area (Å²) in [4.78, 5) is 11.5. The van der Waals surface area contributed by atoms with Gasteiger partial charge in [-0.3, -0.25) is 9.13 Å².